The van der Waals surface area contributed by atoms with E-state index in [9.17, 15) is 10.1 Å². The Kier molecular flexibility index (Phi) is 6.02. The van der Waals surface area contributed by atoms with Crippen LogP contribution in [0.1, 0.15) is 76.7 Å². The molecule has 0 aliphatic heterocycles. The van der Waals surface area contributed by atoms with Crippen LogP contribution in [0, 0.1) is 10.1 Å². The summed E-state index contributed by atoms with van der Waals surface area (Å²) in [6, 6.07) is 0.207. The molecule has 0 spiro atoms. The maximum absolute atomic E-state index is 10.9. The molecule has 0 atom stereocenters. The minimum absolute atomic E-state index is 0.0684. The Hall–Kier alpha value is -1.59. The van der Waals surface area contributed by atoms with Crippen LogP contribution in [0.15, 0.2) is 6.20 Å². The Morgan fingerprint density at radius 1 is 1.05 bits per heavy atom. The zero-order valence-electron chi connectivity index (χ0n) is 12.7. The molecule has 118 valence electrons. The van der Waals surface area contributed by atoms with Crippen LogP contribution in [0.4, 0.5) is 11.5 Å². The Labute approximate surface area is 125 Å². The van der Waals surface area contributed by atoms with Crippen molar-refractivity contribution in [2.75, 3.05) is 5.73 Å². The molecule has 2 N–H and O–H groups in total. The van der Waals surface area contributed by atoms with E-state index in [2.05, 4.69) is 5.10 Å². The van der Waals surface area contributed by atoms with Crippen molar-refractivity contribution in [2.24, 2.45) is 0 Å². The summed E-state index contributed by atoms with van der Waals surface area (Å²) in [5, 5.41) is 15.1. The summed E-state index contributed by atoms with van der Waals surface area (Å²) in [7, 11) is 0. The molecular formula is C15H26N4O2. The molecule has 6 nitrogen and oxygen atoms in total. The largest absolute Gasteiger partial charge is 0.378 e. The van der Waals surface area contributed by atoms with Crippen molar-refractivity contribution in [2.45, 2.75) is 76.7 Å². The SMILES string of the molecule is Nc1c([N+](=O)[O-])cnn1C1CCCCCCCCCCC1. The van der Waals surface area contributed by atoms with Crippen LogP contribution in [-0.2, 0) is 0 Å². The Morgan fingerprint density at radius 3 is 1.95 bits per heavy atom. The molecule has 6 heteroatoms. The topological polar surface area (TPSA) is 87.0 Å². The molecule has 1 aromatic rings. The third-order valence-electron chi connectivity index (χ3n) is 4.43. The lowest BCUT2D eigenvalue weighted by atomic mass is 9.98. The van der Waals surface area contributed by atoms with E-state index in [-0.39, 0.29) is 17.5 Å². The van der Waals surface area contributed by atoms with Gasteiger partial charge in [-0.25, -0.2) is 4.68 Å². The number of hydrogen-bond donors (Lipinski definition) is 1. The highest BCUT2D eigenvalue weighted by atomic mass is 16.6. The van der Waals surface area contributed by atoms with E-state index in [1.54, 1.807) is 4.68 Å². The molecule has 0 amide bonds. The van der Waals surface area contributed by atoms with Crippen molar-refractivity contribution in [1.29, 1.82) is 0 Å². The molecule has 1 saturated carbocycles. The standard InChI is InChI=1S/C15H26N4O2/c16-15-14(19(20)21)12-17-18(15)13-10-8-6-4-2-1-3-5-7-9-11-13/h12-13H,1-11,16H2. The van der Waals surface area contributed by atoms with Crippen LogP contribution in [0.5, 0.6) is 0 Å². The van der Waals surface area contributed by atoms with E-state index in [4.69, 9.17) is 5.73 Å². The second-order valence-corrected chi connectivity index (χ2v) is 6.03. The zero-order chi connectivity index (χ0) is 15.1. The maximum Gasteiger partial charge on any atom is 0.330 e. The van der Waals surface area contributed by atoms with Gasteiger partial charge in [0.05, 0.1) is 11.0 Å². The van der Waals surface area contributed by atoms with Gasteiger partial charge in [-0.1, -0.05) is 57.8 Å². The molecule has 0 radical (unpaired) electrons. The van der Waals surface area contributed by atoms with Crippen molar-refractivity contribution in [3.63, 3.8) is 0 Å². The average Bonchev–Trinajstić information content (AvgIpc) is 2.81. The van der Waals surface area contributed by atoms with E-state index >= 15 is 0 Å². The second-order valence-electron chi connectivity index (χ2n) is 6.03. The molecule has 1 aromatic heterocycles. The molecule has 1 aliphatic rings. The molecular weight excluding hydrogens is 268 g/mol. The van der Waals surface area contributed by atoms with Gasteiger partial charge in [-0.05, 0) is 12.8 Å². The molecule has 0 unspecified atom stereocenters. The van der Waals surface area contributed by atoms with Gasteiger partial charge in [0, 0.05) is 0 Å². The Morgan fingerprint density at radius 2 is 1.52 bits per heavy atom. The van der Waals surface area contributed by atoms with Crippen LogP contribution >= 0.6 is 0 Å². The summed E-state index contributed by atoms with van der Waals surface area (Å²) in [6.45, 7) is 0. The van der Waals surface area contributed by atoms with Crippen molar-refractivity contribution < 1.29 is 4.92 Å². The molecule has 1 heterocycles. The van der Waals surface area contributed by atoms with Gasteiger partial charge in [0.25, 0.3) is 0 Å². The van der Waals surface area contributed by atoms with Gasteiger partial charge < -0.3 is 5.73 Å². The normalized spacial score (nSPS) is 19.6. The van der Waals surface area contributed by atoms with Gasteiger partial charge in [-0.2, -0.15) is 5.10 Å². The lowest BCUT2D eigenvalue weighted by molar-refractivity contribution is -0.384. The third-order valence-corrected chi connectivity index (χ3v) is 4.43. The number of rotatable bonds is 2. The highest BCUT2D eigenvalue weighted by molar-refractivity contribution is 5.51. The van der Waals surface area contributed by atoms with Crippen LogP contribution < -0.4 is 5.73 Å². The number of anilines is 1. The van der Waals surface area contributed by atoms with Crippen molar-refractivity contribution >= 4 is 11.5 Å². The first-order chi connectivity index (χ1) is 10.2. The number of nitrogens with two attached hydrogens (primary N) is 1. The van der Waals surface area contributed by atoms with Gasteiger partial charge in [-0.15, -0.1) is 0 Å². The van der Waals surface area contributed by atoms with E-state index in [0.717, 1.165) is 25.7 Å². The van der Waals surface area contributed by atoms with E-state index < -0.39 is 4.92 Å². The van der Waals surface area contributed by atoms with Gasteiger partial charge in [0.1, 0.15) is 6.20 Å². The number of aromatic nitrogens is 2. The van der Waals surface area contributed by atoms with Gasteiger partial charge in [-0.3, -0.25) is 10.1 Å². The summed E-state index contributed by atoms with van der Waals surface area (Å²) in [5.74, 6) is 0.206. The number of nitrogen functional groups attached to an aromatic ring is 1. The lowest BCUT2D eigenvalue weighted by Crippen LogP contribution is -2.14. The smallest absolute Gasteiger partial charge is 0.330 e. The van der Waals surface area contributed by atoms with Gasteiger partial charge >= 0.3 is 5.69 Å². The fraction of sp³-hybridized carbons (Fsp3) is 0.800. The number of nitro groups is 1. The second kappa shape index (κ2) is 8.00. The average molecular weight is 294 g/mol. The third kappa shape index (κ3) is 4.44. The fourth-order valence-corrected chi connectivity index (χ4v) is 3.18. The lowest BCUT2D eigenvalue weighted by Gasteiger charge is -2.19. The molecule has 0 saturated heterocycles. The van der Waals surface area contributed by atoms with Crippen molar-refractivity contribution in [1.82, 2.24) is 9.78 Å². The van der Waals surface area contributed by atoms with Crippen molar-refractivity contribution in [3.05, 3.63) is 16.3 Å². The predicted molar refractivity (Wildman–Crippen MR) is 83.1 cm³/mol. The fourth-order valence-electron chi connectivity index (χ4n) is 3.18. The summed E-state index contributed by atoms with van der Waals surface area (Å²) in [4.78, 5) is 10.4. The predicted octanol–water partition coefficient (Wildman–Crippen LogP) is 4.22. The molecule has 1 fully saturated rings. The highest BCUT2D eigenvalue weighted by Gasteiger charge is 2.22. The first-order valence-corrected chi connectivity index (χ1v) is 8.17. The van der Waals surface area contributed by atoms with Crippen molar-refractivity contribution in [3.8, 4) is 0 Å². The van der Waals surface area contributed by atoms with Crippen LogP contribution in [-0.4, -0.2) is 14.7 Å². The molecule has 0 aromatic carbocycles. The molecule has 0 bridgehead atoms. The monoisotopic (exact) mass is 294 g/mol. The molecule has 2 rings (SSSR count). The number of hydrogen-bond acceptors (Lipinski definition) is 4. The minimum atomic E-state index is -0.450. The zero-order valence-corrected chi connectivity index (χ0v) is 12.7. The van der Waals surface area contributed by atoms with Crippen LogP contribution in [0.25, 0.3) is 0 Å². The van der Waals surface area contributed by atoms with E-state index in [1.165, 1.54) is 51.1 Å². The highest BCUT2D eigenvalue weighted by Crippen LogP contribution is 2.30. The summed E-state index contributed by atoms with van der Waals surface area (Å²) in [5.41, 5.74) is 5.84. The minimum Gasteiger partial charge on any atom is -0.378 e. The quantitative estimate of drug-likeness (QED) is 0.653. The Balaban J connectivity index is 2.04. The van der Waals surface area contributed by atoms with Gasteiger partial charge in [0.15, 0.2) is 0 Å². The molecule has 1 aliphatic carbocycles. The summed E-state index contributed by atoms with van der Waals surface area (Å²) in [6.07, 6.45) is 14.7. The molecule has 21 heavy (non-hydrogen) atoms. The number of nitrogens with zero attached hydrogens (tertiary/aromatic N) is 3. The first-order valence-electron chi connectivity index (χ1n) is 8.17. The van der Waals surface area contributed by atoms with Crippen LogP contribution in [0.2, 0.25) is 0 Å². The first kappa shape index (κ1) is 15.8. The van der Waals surface area contributed by atoms with Gasteiger partial charge in [0.2, 0.25) is 5.82 Å². The summed E-state index contributed by atoms with van der Waals surface area (Å²) < 4.78 is 1.68. The Bertz CT molecular complexity index is 447. The van der Waals surface area contributed by atoms with Crippen LogP contribution in [0.3, 0.4) is 0 Å². The van der Waals surface area contributed by atoms with E-state index in [1.807, 2.05) is 0 Å². The summed E-state index contributed by atoms with van der Waals surface area (Å²) >= 11 is 0. The van der Waals surface area contributed by atoms with E-state index in [0.29, 0.717) is 0 Å². The maximum atomic E-state index is 10.9.